The van der Waals surface area contributed by atoms with Crippen LogP contribution in [0.1, 0.15) is 5.56 Å². The lowest BCUT2D eigenvalue weighted by Gasteiger charge is -2.06. The van der Waals surface area contributed by atoms with Gasteiger partial charge in [0.1, 0.15) is 5.82 Å². The molecule has 0 nitrogen and oxygen atoms in total. The van der Waals surface area contributed by atoms with Gasteiger partial charge in [-0.1, -0.05) is 48.5 Å². The molecule has 0 radical (unpaired) electrons. The van der Waals surface area contributed by atoms with Crippen molar-refractivity contribution in [2.75, 3.05) is 0 Å². The summed E-state index contributed by atoms with van der Waals surface area (Å²) in [4.78, 5) is 0. The predicted octanol–water partition coefficient (Wildman–Crippen LogP) is 4.23. The molecule has 2 rings (SSSR count). The van der Waals surface area contributed by atoms with E-state index in [2.05, 4.69) is 0 Å². The van der Waals surface area contributed by atoms with Gasteiger partial charge in [-0.3, -0.25) is 0 Å². The zero-order valence-electron chi connectivity index (χ0n) is 8.08. The Hall–Kier alpha value is -1.34. The zero-order chi connectivity index (χ0) is 10.7. The lowest BCUT2D eigenvalue weighted by Crippen LogP contribution is -1.90. The highest BCUT2D eigenvalue weighted by molar-refractivity contribution is 6.17. The minimum Gasteiger partial charge on any atom is -0.206 e. The standard InChI is InChI=1S/C13H10ClF/c14-9-11-7-4-8-12(13(11)15)10-5-2-1-3-6-10/h1-8H,9H2. The van der Waals surface area contributed by atoms with Crippen LogP contribution in [0.3, 0.4) is 0 Å². The van der Waals surface area contributed by atoms with Crippen LogP contribution in [-0.4, -0.2) is 0 Å². The Balaban J connectivity index is 2.54. The van der Waals surface area contributed by atoms with Crippen LogP contribution in [0.4, 0.5) is 4.39 Å². The maximum atomic E-state index is 13.9. The van der Waals surface area contributed by atoms with Gasteiger partial charge >= 0.3 is 0 Å². The van der Waals surface area contributed by atoms with E-state index in [-0.39, 0.29) is 11.7 Å². The molecule has 0 aliphatic heterocycles. The fourth-order valence-corrected chi connectivity index (χ4v) is 1.73. The summed E-state index contributed by atoms with van der Waals surface area (Å²) in [6.07, 6.45) is 0. The van der Waals surface area contributed by atoms with Gasteiger partial charge in [-0.05, 0) is 5.56 Å². The first-order valence-electron chi connectivity index (χ1n) is 4.71. The second-order valence-electron chi connectivity index (χ2n) is 3.28. The van der Waals surface area contributed by atoms with Gasteiger partial charge in [0.05, 0.1) is 5.88 Å². The van der Waals surface area contributed by atoms with E-state index in [1.807, 2.05) is 36.4 Å². The van der Waals surface area contributed by atoms with Crippen molar-refractivity contribution in [2.24, 2.45) is 0 Å². The summed E-state index contributed by atoms with van der Waals surface area (Å²) in [6.45, 7) is 0. The maximum Gasteiger partial charge on any atom is 0.135 e. The molecule has 0 heterocycles. The number of alkyl halides is 1. The number of hydrogen-bond donors (Lipinski definition) is 0. The van der Waals surface area contributed by atoms with Gasteiger partial charge in [0, 0.05) is 11.1 Å². The smallest absolute Gasteiger partial charge is 0.135 e. The molecule has 15 heavy (non-hydrogen) atoms. The first-order valence-corrected chi connectivity index (χ1v) is 5.25. The van der Waals surface area contributed by atoms with Crippen LogP contribution in [0.5, 0.6) is 0 Å². The van der Waals surface area contributed by atoms with Crippen molar-refractivity contribution in [2.45, 2.75) is 5.88 Å². The third-order valence-corrected chi connectivity index (χ3v) is 2.60. The van der Waals surface area contributed by atoms with E-state index in [0.29, 0.717) is 11.1 Å². The fourth-order valence-electron chi connectivity index (χ4n) is 1.52. The average Bonchev–Trinajstić information content (AvgIpc) is 2.30. The van der Waals surface area contributed by atoms with Crippen LogP contribution < -0.4 is 0 Å². The first-order chi connectivity index (χ1) is 7.33. The molecule has 76 valence electrons. The summed E-state index contributed by atoms with van der Waals surface area (Å²) in [6, 6.07) is 14.8. The van der Waals surface area contributed by atoms with Crippen molar-refractivity contribution in [3.8, 4) is 11.1 Å². The number of rotatable bonds is 2. The predicted molar refractivity (Wildman–Crippen MR) is 61.4 cm³/mol. The molecule has 0 saturated heterocycles. The fraction of sp³-hybridized carbons (Fsp3) is 0.0769. The molecule has 0 N–H and O–H groups in total. The van der Waals surface area contributed by atoms with Gasteiger partial charge in [0.2, 0.25) is 0 Å². The van der Waals surface area contributed by atoms with Crippen LogP contribution >= 0.6 is 11.6 Å². The molecule has 0 fully saturated rings. The van der Waals surface area contributed by atoms with Gasteiger partial charge in [0.15, 0.2) is 0 Å². The molecular weight excluding hydrogens is 211 g/mol. The Morgan fingerprint density at radius 2 is 1.67 bits per heavy atom. The summed E-state index contributed by atoms with van der Waals surface area (Å²) >= 11 is 5.65. The molecule has 0 unspecified atom stereocenters. The Morgan fingerprint density at radius 3 is 2.33 bits per heavy atom. The molecule has 0 aliphatic rings. The molecule has 0 amide bonds. The second kappa shape index (κ2) is 4.45. The Bertz CT molecular complexity index is 451. The Morgan fingerprint density at radius 1 is 0.933 bits per heavy atom. The monoisotopic (exact) mass is 220 g/mol. The van der Waals surface area contributed by atoms with E-state index < -0.39 is 0 Å². The quantitative estimate of drug-likeness (QED) is 0.665. The molecule has 0 bridgehead atoms. The topological polar surface area (TPSA) is 0 Å². The molecule has 0 aliphatic carbocycles. The van der Waals surface area contributed by atoms with Crippen molar-refractivity contribution in [3.63, 3.8) is 0 Å². The molecule has 0 atom stereocenters. The van der Waals surface area contributed by atoms with Crippen LogP contribution in [-0.2, 0) is 5.88 Å². The summed E-state index contributed by atoms with van der Waals surface area (Å²) < 4.78 is 13.9. The van der Waals surface area contributed by atoms with Gasteiger partial charge in [-0.25, -0.2) is 4.39 Å². The normalized spacial score (nSPS) is 10.3. The Kier molecular flexibility index (Phi) is 3.02. The SMILES string of the molecule is Fc1c(CCl)cccc1-c1ccccc1. The van der Waals surface area contributed by atoms with Crippen LogP contribution in [0.25, 0.3) is 11.1 Å². The van der Waals surface area contributed by atoms with E-state index in [9.17, 15) is 4.39 Å². The van der Waals surface area contributed by atoms with Crippen LogP contribution in [0.2, 0.25) is 0 Å². The highest BCUT2D eigenvalue weighted by atomic mass is 35.5. The number of benzene rings is 2. The highest BCUT2D eigenvalue weighted by Gasteiger charge is 2.07. The summed E-state index contributed by atoms with van der Waals surface area (Å²) in [5.41, 5.74) is 2.02. The van der Waals surface area contributed by atoms with E-state index in [1.54, 1.807) is 12.1 Å². The van der Waals surface area contributed by atoms with Gasteiger partial charge < -0.3 is 0 Å². The lowest BCUT2D eigenvalue weighted by atomic mass is 10.0. The molecular formula is C13H10ClF. The molecule has 2 aromatic rings. The summed E-state index contributed by atoms with van der Waals surface area (Å²) in [5, 5.41) is 0. The van der Waals surface area contributed by atoms with E-state index >= 15 is 0 Å². The Labute approximate surface area is 93.3 Å². The molecule has 2 aromatic carbocycles. The van der Waals surface area contributed by atoms with Crippen molar-refractivity contribution in [1.29, 1.82) is 0 Å². The van der Waals surface area contributed by atoms with E-state index in [4.69, 9.17) is 11.6 Å². The minimum absolute atomic E-state index is 0.201. The van der Waals surface area contributed by atoms with E-state index in [1.165, 1.54) is 0 Å². The first kappa shape index (κ1) is 10.2. The summed E-state index contributed by atoms with van der Waals surface area (Å²) in [5.74, 6) is -0.0225. The highest BCUT2D eigenvalue weighted by Crippen LogP contribution is 2.25. The maximum absolute atomic E-state index is 13.9. The van der Waals surface area contributed by atoms with Crippen molar-refractivity contribution >= 4 is 11.6 Å². The van der Waals surface area contributed by atoms with E-state index in [0.717, 1.165) is 5.56 Å². The largest absolute Gasteiger partial charge is 0.206 e. The third-order valence-electron chi connectivity index (χ3n) is 2.31. The second-order valence-corrected chi connectivity index (χ2v) is 3.55. The number of halogens is 2. The van der Waals surface area contributed by atoms with Gasteiger partial charge in [-0.15, -0.1) is 11.6 Å². The number of hydrogen-bond acceptors (Lipinski definition) is 0. The van der Waals surface area contributed by atoms with Gasteiger partial charge in [-0.2, -0.15) is 0 Å². The average molecular weight is 221 g/mol. The summed E-state index contributed by atoms with van der Waals surface area (Å²) in [7, 11) is 0. The van der Waals surface area contributed by atoms with Crippen LogP contribution in [0, 0.1) is 5.82 Å². The molecule has 2 heteroatoms. The van der Waals surface area contributed by atoms with Crippen molar-refractivity contribution in [3.05, 3.63) is 59.9 Å². The van der Waals surface area contributed by atoms with Gasteiger partial charge in [0.25, 0.3) is 0 Å². The lowest BCUT2D eigenvalue weighted by molar-refractivity contribution is 0.620. The zero-order valence-corrected chi connectivity index (χ0v) is 8.84. The molecule has 0 saturated carbocycles. The van der Waals surface area contributed by atoms with Crippen LogP contribution in [0.15, 0.2) is 48.5 Å². The van der Waals surface area contributed by atoms with Crippen molar-refractivity contribution in [1.82, 2.24) is 0 Å². The van der Waals surface area contributed by atoms with Crippen molar-refractivity contribution < 1.29 is 4.39 Å². The third kappa shape index (κ3) is 2.02. The molecule has 0 spiro atoms. The minimum atomic E-state index is -0.223. The molecule has 0 aromatic heterocycles.